The van der Waals surface area contributed by atoms with Crippen molar-refractivity contribution < 1.29 is 9.84 Å². The van der Waals surface area contributed by atoms with Gasteiger partial charge in [0.2, 0.25) is 6.41 Å². The highest BCUT2D eigenvalue weighted by Crippen LogP contribution is 2.42. The molecule has 2 aliphatic rings. The van der Waals surface area contributed by atoms with Gasteiger partial charge in [-0.25, -0.2) is 4.90 Å². The summed E-state index contributed by atoms with van der Waals surface area (Å²) in [5.41, 5.74) is 8.73. The van der Waals surface area contributed by atoms with Crippen molar-refractivity contribution in [2.24, 2.45) is 5.73 Å². The van der Waals surface area contributed by atoms with Crippen LogP contribution in [0.15, 0.2) is 54.6 Å². The molecule has 2 aromatic carbocycles. The summed E-state index contributed by atoms with van der Waals surface area (Å²) in [5, 5.41) is 11.3. The van der Waals surface area contributed by atoms with Gasteiger partial charge in [-0.05, 0) is 55.4 Å². The van der Waals surface area contributed by atoms with Gasteiger partial charge in [0.15, 0.2) is 0 Å². The van der Waals surface area contributed by atoms with E-state index in [1.165, 1.54) is 11.1 Å². The van der Waals surface area contributed by atoms with E-state index in [0.717, 1.165) is 37.1 Å². The van der Waals surface area contributed by atoms with Crippen LogP contribution in [0.2, 0.25) is 5.02 Å². The van der Waals surface area contributed by atoms with E-state index in [-0.39, 0.29) is 11.5 Å². The Morgan fingerprint density at radius 3 is 2.54 bits per heavy atom. The van der Waals surface area contributed by atoms with E-state index in [0.29, 0.717) is 19.2 Å². The van der Waals surface area contributed by atoms with Crippen LogP contribution in [0, 0.1) is 0 Å². The minimum Gasteiger partial charge on any atom is -0.356 e. The van der Waals surface area contributed by atoms with E-state index < -0.39 is 6.41 Å². The maximum atomic E-state index is 10.5. The van der Waals surface area contributed by atoms with Crippen LogP contribution in [0.4, 0.5) is 0 Å². The van der Waals surface area contributed by atoms with Crippen LogP contribution < -0.4 is 5.73 Å². The number of hydrogen-bond acceptors (Lipinski definition) is 4. The highest BCUT2D eigenvalue weighted by molar-refractivity contribution is 6.30. The van der Waals surface area contributed by atoms with Crippen molar-refractivity contribution in [1.82, 2.24) is 4.90 Å². The zero-order valence-corrected chi connectivity index (χ0v) is 16.9. The number of hydrogen-bond donors (Lipinski definition) is 2. The SMILES string of the molecule is NCC1(c2cccc(Cl)c2)CCC(N2C(O)OC[C@H]2Cc2ccccc2)CC1. The fraction of sp³-hybridized carbons (Fsp3) is 0.478. The van der Waals surface area contributed by atoms with Crippen molar-refractivity contribution in [3.63, 3.8) is 0 Å². The van der Waals surface area contributed by atoms with Gasteiger partial charge < -0.3 is 15.6 Å². The molecule has 0 amide bonds. The number of benzene rings is 2. The molecule has 3 N–H and O–H groups in total. The predicted octanol–water partition coefficient (Wildman–Crippen LogP) is 3.70. The number of rotatable bonds is 5. The van der Waals surface area contributed by atoms with Crippen LogP contribution in [-0.4, -0.2) is 41.7 Å². The third kappa shape index (κ3) is 3.98. The second-order valence-electron chi connectivity index (χ2n) is 8.18. The van der Waals surface area contributed by atoms with E-state index >= 15 is 0 Å². The highest BCUT2D eigenvalue weighted by Gasteiger charge is 2.43. The molecule has 1 aliphatic heterocycles. The third-order valence-corrected chi connectivity index (χ3v) is 6.83. The molecule has 5 heteroatoms. The molecule has 2 fully saturated rings. The average molecular weight is 401 g/mol. The molecule has 0 aromatic heterocycles. The topological polar surface area (TPSA) is 58.7 Å². The number of aliphatic hydroxyl groups is 1. The molecule has 4 nitrogen and oxygen atoms in total. The zero-order valence-electron chi connectivity index (χ0n) is 16.1. The molecule has 2 aromatic rings. The predicted molar refractivity (Wildman–Crippen MR) is 112 cm³/mol. The summed E-state index contributed by atoms with van der Waals surface area (Å²) in [6.07, 6.45) is 4.07. The molecular weight excluding hydrogens is 372 g/mol. The van der Waals surface area contributed by atoms with Crippen molar-refractivity contribution in [3.8, 4) is 0 Å². The van der Waals surface area contributed by atoms with Gasteiger partial charge in [0.25, 0.3) is 0 Å². The molecule has 4 rings (SSSR count). The minimum absolute atomic E-state index is 0.0259. The van der Waals surface area contributed by atoms with Crippen molar-refractivity contribution >= 4 is 11.6 Å². The van der Waals surface area contributed by atoms with Gasteiger partial charge in [0.05, 0.1) is 6.61 Å². The largest absolute Gasteiger partial charge is 0.356 e. The minimum atomic E-state index is -0.810. The van der Waals surface area contributed by atoms with Crippen LogP contribution in [0.3, 0.4) is 0 Å². The Morgan fingerprint density at radius 2 is 1.86 bits per heavy atom. The lowest BCUT2D eigenvalue weighted by molar-refractivity contribution is -0.153. The summed E-state index contributed by atoms with van der Waals surface area (Å²) in [4.78, 5) is 2.19. The molecule has 1 saturated heterocycles. The maximum Gasteiger partial charge on any atom is 0.216 e. The molecule has 2 atom stereocenters. The molecule has 150 valence electrons. The van der Waals surface area contributed by atoms with Crippen molar-refractivity contribution in [2.45, 2.75) is 56.0 Å². The first-order chi connectivity index (χ1) is 13.6. The quantitative estimate of drug-likeness (QED) is 0.803. The lowest BCUT2D eigenvalue weighted by Crippen LogP contribution is -2.50. The Hall–Kier alpha value is -1.43. The van der Waals surface area contributed by atoms with E-state index in [9.17, 15) is 5.11 Å². The third-order valence-electron chi connectivity index (χ3n) is 6.59. The van der Waals surface area contributed by atoms with Gasteiger partial charge >= 0.3 is 0 Å². The molecule has 1 unspecified atom stereocenters. The van der Waals surface area contributed by atoms with Gasteiger partial charge in [-0.15, -0.1) is 0 Å². The standard InChI is InChI=1S/C23H29ClN2O2/c24-19-8-4-7-18(14-19)23(16-25)11-9-20(10-12-23)26-21(15-28-22(26)27)13-17-5-2-1-3-6-17/h1-8,14,20-22,27H,9-13,15-16,25H2/t20?,21-,22?,23?/m1/s1. The van der Waals surface area contributed by atoms with Crippen molar-refractivity contribution in [3.05, 3.63) is 70.7 Å². The highest BCUT2D eigenvalue weighted by atomic mass is 35.5. The van der Waals surface area contributed by atoms with Crippen LogP contribution in [0.5, 0.6) is 0 Å². The number of aliphatic hydroxyl groups excluding tert-OH is 1. The number of ether oxygens (including phenoxy) is 1. The van der Waals surface area contributed by atoms with Crippen molar-refractivity contribution in [2.75, 3.05) is 13.2 Å². The molecule has 1 saturated carbocycles. The Balaban J connectivity index is 1.47. The molecular formula is C23H29ClN2O2. The van der Waals surface area contributed by atoms with Crippen LogP contribution in [0.1, 0.15) is 36.8 Å². The smallest absolute Gasteiger partial charge is 0.216 e. The van der Waals surface area contributed by atoms with E-state index in [2.05, 4.69) is 41.3 Å². The van der Waals surface area contributed by atoms with Gasteiger partial charge in [-0.3, -0.25) is 0 Å². The number of halogens is 1. The molecule has 0 spiro atoms. The van der Waals surface area contributed by atoms with Crippen LogP contribution in [0.25, 0.3) is 0 Å². The second kappa shape index (κ2) is 8.52. The van der Waals surface area contributed by atoms with E-state index in [4.69, 9.17) is 22.1 Å². The average Bonchev–Trinajstić information content (AvgIpc) is 3.09. The van der Waals surface area contributed by atoms with E-state index in [1.807, 2.05) is 18.2 Å². The molecule has 1 aliphatic carbocycles. The van der Waals surface area contributed by atoms with E-state index in [1.54, 1.807) is 0 Å². The molecule has 28 heavy (non-hydrogen) atoms. The lowest BCUT2D eigenvalue weighted by atomic mass is 9.68. The van der Waals surface area contributed by atoms with Gasteiger partial charge in [0, 0.05) is 29.1 Å². The summed E-state index contributed by atoms with van der Waals surface area (Å²) < 4.78 is 5.62. The zero-order chi connectivity index (χ0) is 19.6. The van der Waals surface area contributed by atoms with Crippen LogP contribution in [-0.2, 0) is 16.6 Å². The molecule has 1 heterocycles. The molecule has 0 radical (unpaired) electrons. The number of nitrogens with zero attached hydrogens (tertiary/aromatic N) is 1. The Kier molecular flexibility index (Phi) is 6.04. The first-order valence-corrected chi connectivity index (χ1v) is 10.6. The fourth-order valence-corrected chi connectivity index (χ4v) is 5.15. The maximum absolute atomic E-state index is 10.5. The Bertz CT molecular complexity index is 777. The monoisotopic (exact) mass is 400 g/mol. The normalized spacial score (nSPS) is 31.2. The van der Waals surface area contributed by atoms with Gasteiger partial charge in [-0.1, -0.05) is 54.1 Å². The van der Waals surface area contributed by atoms with Crippen LogP contribution >= 0.6 is 11.6 Å². The first kappa shape index (κ1) is 19.9. The second-order valence-corrected chi connectivity index (χ2v) is 8.61. The molecule has 0 bridgehead atoms. The summed E-state index contributed by atoms with van der Waals surface area (Å²) >= 11 is 6.23. The summed E-state index contributed by atoms with van der Waals surface area (Å²) in [6.45, 7) is 1.19. The number of nitrogens with two attached hydrogens (primary N) is 1. The fourth-order valence-electron chi connectivity index (χ4n) is 4.96. The summed E-state index contributed by atoms with van der Waals surface area (Å²) in [6, 6.07) is 19.1. The Morgan fingerprint density at radius 1 is 1.11 bits per heavy atom. The summed E-state index contributed by atoms with van der Waals surface area (Å²) in [7, 11) is 0. The van der Waals surface area contributed by atoms with Gasteiger partial charge in [-0.2, -0.15) is 0 Å². The first-order valence-electron chi connectivity index (χ1n) is 10.2. The lowest BCUT2D eigenvalue weighted by Gasteiger charge is -2.44. The Labute approximate surface area is 172 Å². The van der Waals surface area contributed by atoms with Crippen molar-refractivity contribution in [1.29, 1.82) is 0 Å². The van der Waals surface area contributed by atoms with Gasteiger partial charge in [0.1, 0.15) is 0 Å². The summed E-state index contributed by atoms with van der Waals surface area (Å²) in [5.74, 6) is 0.